The van der Waals surface area contributed by atoms with Crippen molar-refractivity contribution >= 4 is 11.4 Å². The molecule has 0 saturated heterocycles. The van der Waals surface area contributed by atoms with Crippen LogP contribution in [-0.4, -0.2) is 0 Å². The number of anilines is 2. The average molecular weight is 865 g/mol. The van der Waals surface area contributed by atoms with Crippen molar-refractivity contribution in [2.24, 2.45) is 0 Å². The molecule has 310 valence electrons. The fourth-order valence-electron chi connectivity index (χ4n) is 6.56. The molecule has 2 N–H and O–H groups in total. The molecule has 0 atom stereocenters. The lowest BCUT2D eigenvalue weighted by Crippen LogP contribution is -2.11. The molecular weight excluding hydrogens is 848 g/mol. The van der Waals surface area contributed by atoms with Crippen LogP contribution in [0.5, 0.6) is 11.5 Å². The summed E-state index contributed by atoms with van der Waals surface area (Å²) < 4.78 is 176. The molecule has 0 fully saturated rings. The van der Waals surface area contributed by atoms with Gasteiger partial charge in [0.05, 0.1) is 44.8 Å². The van der Waals surface area contributed by atoms with Crippen molar-refractivity contribution in [3.63, 3.8) is 0 Å². The van der Waals surface area contributed by atoms with E-state index in [9.17, 15) is 73.7 Å². The van der Waals surface area contributed by atoms with Gasteiger partial charge < -0.3 is 20.1 Å². The van der Waals surface area contributed by atoms with Gasteiger partial charge in [-0.2, -0.15) is 73.7 Å². The van der Waals surface area contributed by atoms with Gasteiger partial charge in [-0.25, -0.2) is 0 Å². The van der Waals surface area contributed by atoms with Crippen molar-refractivity contribution in [2.45, 2.75) is 24.7 Å². The Kier molecular flexibility index (Phi) is 10.1. The van der Waals surface area contributed by atoms with Crippen LogP contribution in [0.25, 0.3) is 44.5 Å². The van der Waals surface area contributed by atoms with E-state index in [1.807, 2.05) is 0 Å². The van der Waals surface area contributed by atoms with Gasteiger partial charge in [0, 0.05) is 0 Å². The number of hydrogen-bond acceptors (Lipinski definition) is 8. The van der Waals surface area contributed by atoms with Crippen LogP contribution >= 0.6 is 0 Å². The minimum absolute atomic E-state index is 0.00597. The summed E-state index contributed by atoms with van der Waals surface area (Å²) in [7, 11) is 0. The second kappa shape index (κ2) is 14.9. The Morgan fingerprint density at radius 3 is 0.887 bits per heavy atom. The molecule has 8 nitrogen and oxygen atoms in total. The van der Waals surface area contributed by atoms with Crippen molar-refractivity contribution < 1.29 is 62.2 Å². The molecule has 5 aromatic rings. The van der Waals surface area contributed by atoms with Gasteiger partial charge in [-0.1, -0.05) is 48.5 Å². The summed E-state index contributed by atoms with van der Waals surface area (Å²) in [5.41, 5.74) is -8.50. The quantitative estimate of drug-likeness (QED) is 0.135. The number of halogens is 12. The number of nitrogens with zero attached hydrogens (tertiary/aromatic N) is 4. The van der Waals surface area contributed by atoms with Crippen LogP contribution in [0.1, 0.15) is 22.3 Å². The van der Waals surface area contributed by atoms with Gasteiger partial charge in [0.15, 0.2) is 22.6 Å². The summed E-state index contributed by atoms with van der Waals surface area (Å²) in [6, 6.07) is 18.4. The summed E-state index contributed by atoms with van der Waals surface area (Å²) in [5.74, 6) is -1.23. The van der Waals surface area contributed by atoms with Crippen LogP contribution in [0.15, 0.2) is 108 Å². The largest absolute Gasteiger partial charge is 0.436 e. The fraction of sp³-hybridized carbons (Fsp3) is 0.0952. The number of nitrogens with one attached hydrogen (secondary N) is 2. The first kappa shape index (κ1) is 42.0. The van der Waals surface area contributed by atoms with Gasteiger partial charge in [-0.05, 0) is 69.8 Å². The summed E-state index contributed by atoms with van der Waals surface area (Å²) in [6.07, 6.45) is -20.6. The first-order valence-electron chi connectivity index (χ1n) is 17.1. The highest BCUT2D eigenvalue weighted by Crippen LogP contribution is 2.60. The van der Waals surface area contributed by atoms with Crippen molar-refractivity contribution in [2.75, 3.05) is 10.6 Å². The predicted molar refractivity (Wildman–Crippen MR) is 193 cm³/mol. The number of benzene rings is 5. The third-order valence-corrected chi connectivity index (χ3v) is 9.38. The van der Waals surface area contributed by atoms with E-state index in [2.05, 4.69) is 10.6 Å². The van der Waals surface area contributed by atoms with E-state index in [-0.39, 0.29) is 68.4 Å². The van der Waals surface area contributed by atoms with Crippen LogP contribution in [0.2, 0.25) is 0 Å². The summed E-state index contributed by atoms with van der Waals surface area (Å²) in [6.45, 7) is 0. The molecule has 0 aromatic heterocycles. The zero-order valence-electron chi connectivity index (χ0n) is 30.2. The lowest BCUT2D eigenvalue weighted by molar-refractivity contribution is -0.144. The summed E-state index contributed by atoms with van der Waals surface area (Å²) >= 11 is 0. The Labute approximate surface area is 340 Å². The molecule has 62 heavy (non-hydrogen) atoms. The van der Waals surface area contributed by atoms with Crippen LogP contribution in [0, 0.1) is 45.3 Å². The topological polar surface area (TPSA) is 138 Å². The summed E-state index contributed by atoms with van der Waals surface area (Å²) in [5, 5.41) is 44.3. The van der Waals surface area contributed by atoms with Gasteiger partial charge in [0.25, 0.3) is 0 Å². The Balaban J connectivity index is 1.44. The molecule has 7 rings (SSSR count). The normalized spacial score (nSPS) is 13.2. The maximum Gasteiger partial charge on any atom is 0.416 e. The van der Waals surface area contributed by atoms with Crippen molar-refractivity contribution in [1.29, 1.82) is 21.0 Å². The van der Waals surface area contributed by atoms with Crippen molar-refractivity contribution in [1.82, 2.24) is 0 Å². The number of nitriles is 4. The van der Waals surface area contributed by atoms with Crippen LogP contribution < -0.4 is 20.1 Å². The molecule has 0 radical (unpaired) electrons. The first-order valence-corrected chi connectivity index (χ1v) is 17.1. The third kappa shape index (κ3) is 7.73. The zero-order valence-corrected chi connectivity index (χ0v) is 30.2. The highest BCUT2D eigenvalue weighted by molar-refractivity contribution is 6.05. The number of hydrogen-bond donors (Lipinski definition) is 2. The van der Waals surface area contributed by atoms with Crippen LogP contribution in [0.3, 0.4) is 0 Å². The number of alkyl halides is 12. The van der Waals surface area contributed by atoms with E-state index in [1.54, 1.807) is 24.3 Å². The fourth-order valence-corrected chi connectivity index (χ4v) is 6.56. The Hall–Kier alpha value is -8.10. The van der Waals surface area contributed by atoms with Gasteiger partial charge in [-0.3, -0.25) is 0 Å². The van der Waals surface area contributed by atoms with Gasteiger partial charge >= 0.3 is 24.7 Å². The highest BCUT2D eigenvalue weighted by atomic mass is 19.4. The molecule has 0 saturated carbocycles. The summed E-state index contributed by atoms with van der Waals surface area (Å²) in [4.78, 5) is 0. The molecule has 2 heterocycles. The van der Waals surface area contributed by atoms with Gasteiger partial charge in [0.1, 0.15) is 24.3 Å². The lowest BCUT2D eigenvalue weighted by Gasteiger charge is -2.17. The molecule has 0 aliphatic carbocycles. The standard InChI is InChI=1S/C42H16F12N6O2/c43-39(44,45)27-9-23(10-28(13-27)40(46,47)48)19-1-5-21(6-2-19)31-33-36(62-37(59-33)25(15-55)16-56)32(34-35(31)61-38(60-34)26(17-57)18-58)22-7-3-20(4-8-22)24-11-29(41(49,50)51)14-30(12-24)42(52,53)54/h1-14,59-60H. The average Bonchev–Trinajstić information content (AvgIpc) is 3.84. The Morgan fingerprint density at radius 2 is 0.645 bits per heavy atom. The molecule has 20 heteroatoms. The SMILES string of the molecule is N#CC(C#N)=C1Nc2c(c(-c3ccc(-c4cc(C(F)(F)F)cc(C(F)(F)F)c4)cc3)c3c(c2-c2ccc(-c4cc(C(F)(F)F)cc(C(F)(F)F)c4)cc2)OC(=C(C#N)C#N)N3)O1. The molecule has 5 aromatic carbocycles. The second-order valence-electron chi connectivity index (χ2n) is 13.2. The van der Waals surface area contributed by atoms with Crippen LogP contribution in [-0.2, 0) is 24.7 Å². The predicted octanol–water partition coefficient (Wildman–Crippen LogP) is 12.6. The zero-order chi connectivity index (χ0) is 45.1. The molecule has 0 spiro atoms. The molecule has 0 amide bonds. The van der Waals surface area contributed by atoms with E-state index in [4.69, 9.17) is 9.47 Å². The van der Waals surface area contributed by atoms with E-state index in [0.29, 0.717) is 24.3 Å². The number of ether oxygens (including phenoxy) is 2. The molecule has 2 aliphatic heterocycles. The van der Waals surface area contributed by atoms with E-state index < -0.39 is 81.0 Å². The van der Waals surface area contributed by atoms with Gasteiger partial charge in [0.2, 0.25) is 11.8 Å². The molecule has 2 aliphatic rings. The third-order valence-electron chi connectivity index (χ3n) is 9.38. The number of fused-ring (bicyclic) bond motifs is 2. The Bertz CT molecular complexity index is 2600. The lowest BCUT2D eigenvalue weighted by atomic mass is 9.91. The minimum Gasteiger partial charge on any atom is -0.436 e. The number of rotatable bonds is 4. The van der Waals surface area contributed by atoms with Crippen molar-refractivity contribution in [3.05, 3.63) is 130 Å². The molecular formula is C42H16F12N6O2. The highest BCUT2D eigenvalue weighted by Gasteiger charge is 2.40. The van der Waals surface area contributed by atoms with E-state index in [0.717, 1.165) is 0 Å². The van der Waals surface area contributed by atoms with Crippen LogP contribution in [0.4, 0.5) is 64.1 Å². The smallest absolute Gasteiger partial charge is 0.416 e. The maximum absolute atomic E-state index is 13.7. The minimum atomic E-state index is -5.14. The van der Waals surface area contributed by atoms with E-state index in [1.165, 1.54) is 48.5 Å². The number of allylic oxidation sites excluding steroid dienone is 2. The Morgan fingerprint density at radius 1 is 0.387 bits per heavy atom. The van der Waals surface area contributed by atoms with E-state index >= 15 is 0 Å². The first-order chi connectivity index (χ1) is 29.0. The molecule has 0 unspecified atom stereocenters. The van der Waals surface area contributed by atoms with Crippen molar-refractivity contribution in [3.8, 4) is 80.3 Å². The van der Waals surface area contributed by atoms with Gasteiger partial charge in [-0.15, -0.1) is 0 Å². The maximum atomic E-state index is 13.7. The monoisotopic (exact) mass is 864 g/mol. The second-order valence-corrected chi connectivity index (χ2v) is 13.2. The molecule has 0 bridgehead atoms.